The van der Waals surface area contributed by atoms with Crippen LogP contribution in [0.4, 0.5) is 0 Å². The molecule has 1 heteroatoms. The lowest BCUT2D eigenvalue weighted by Crippen LogP contribution is -2.18. The molecule has 0 saturated heterocycles. The van der Waals surface area contributed by atoms with Crippen molar-refractivity contribution in [3.63, 3.8) is 0 Å². The number of carbonyl (C=O) groups excluding carboxylic acids is 1. The Morgan fingerprint density at radius 3 is 2.38 bits per heavy atom. The first-order valence-corrected chi connectivity index (χ1v) is 4.95. The third-order valence-corrected chi connectivity index (χ3v) is 2.41. The van der Waals surface area contributed by atoms with Crippen molar-refractivity contribution in [2.45, 2.75) is 39.0 Å². The second-order valence-electron chi connectivity index (χ2n) is 3.51. The van der Waals surface area contributed by atoms with Crippen molar-refractivity contribution in [2.24, 2.45) is 5.41 Å². The second kappa shape index (κ2) is 6.64. The summed E-state index contributed by atoms with van der Waals surface area (Å²) < 4.78 is 0. The van der Waals surface area contributed by atoms with Gasteiger partial charge in [-0.15, -0.1) is 13.2 Å². The Hall–Kier alpha value is -0.850. The maximum Gasteiger partial charge on any atom is 0.130 e. The largest absolute Gasteiger partial charge is 0.302 e. The number of aldehydes is 1. The predicted octanol–water partition coefficient (Wildman–Crippen LogP) is 3.51. The van der Waals surface area contributed by atoms with E-state index in [1.165, 1.54) is 12.8 Å². The van der Waals surface area contributed by atoms with Crippen LogP contribution in [0.5, 0.6) is 0 Å². The molecule has 13 heavy (non-hydrogen) atoms. The minimum atomic E-state index is -0.350. The van der Waals surface area contributed by atoms with E-state index in [2.05, 4.69) is 20.1 Å². The molecule has 1 atom stereocenters. The molecule has 1 unspecified atom stereocenters. The minimum absolute atomic E-state index is 0.350. The zero-order chi connectivity index (χ0) is 10.2. The first kappa shape index (κ1) is 12.2. The lowest BCUT2D eigenvalue weighted by molar-refractivity contribution is -0.114. The van der Waals surface area contributed by atoms with Crippen LogP contribution in [0.15, 0.2) is 25.3 Å². The Bertz CT molecular complexity index is 162. The van der Waals surface area contributed by atoms with Crippen molar-refractivity contribution in [3.8, 4) is 0 Å². The fraction of sp³-hybridized carbons (Fsp3) is 0.583. The smallest absolute Gasteiger partial charge is 0.130 e. The highest BCUT2D eigenvalue weighted by molar-refractivity contribution is 5.62. The quantitative estimate of drug-likeness (QED) is 0.317. The number of hydrogen-bond donors (Lipinski definition) is 0. The van der Waals surface area contributed by atoms with E-state index in [-0.39, 0.29) is 5.41 Å². The molecule has 0 spiro atoms. The molecule has 0 saturated carbocycles. The van der Waals surface area contributed by atoms with Crippen LogP contribution in [0, 0.1) is 5.41 Å². The standard InChI is InChI=1S/C12H20O/c1-4-7-8-10-12(6-3,11-13)9-5-2/h5-6,11H,2-4,7-10H2,1H3. The molecule has 0 aromatic rings. The summed E-state index contributed by atoms with van der Waals surface area (Å²) in [4.78, 5) is 10.9. The highest BCUT2D eigenvalue weighted by Gasteiger charge is 2.23. The van der Waals surface area contributed by atoms with Gasteiger partial charge >= 0.3 is 0 Å². The van der Waals surface area contributed by atoms with Crippen LogP contribution >= 0.6 is 0 Å². The van der Waals surface area contributed by atoms with Crippen LogP contribution in [0.2, 0.25) is 0 Å². The summed E-state index contributed by atoms with van der Waals surface area (Å²) in [6.07, 6.45) is 9.64. The lowest BCUT2D eigenvalue weighted by Gasteiger charge is -2.21. The average Bonchev–Trinajstić information content (AvgIpc) is 2.17. The lowest BCUT2D eigenvalue weighted by atomic mass is 9.81. The average molecular weight is 180 g/mol. The van der Waals surface area contributed by atoms with Crippen molar-refractivity contribution >= 4 is 6.29 Å². The first-order valence-electron chi connectivity index (χ1n) is 4.95. The molecule has 0 aromatic carbocycles. The summed E-state index contributed by atoms with van der Waals surface area (Å²) in [6.45, 7) is 9.54. The Balaban J connectivity index is 4.12. The summed E-state index contributed by atoms with van der Waals surface area (Å²) in [5.74, 6) is 0. The molecule has 0 aliphatic heterocycles. The van der Waals surface area contributed by atoms with Crippen LogP contribution in [0.3, 0.4) is 0 Å². The van der Waals surface area contributed by atoms with Crippen LogP contribution in [0.1, 0.15) is 39.0 Å². The number of carbonyl (C=O) groups is 1. The molecule has 0 radical (unpaired) electrons. The molecule has 0 amide bonds. The first-order chi connectivity index (χ1) is 6.24. The summed E-state index contributed by atoms with van der Waals surface area (Å²) in [5, 5.41) is 0. The fourth-order valence-corrected chi connectivity index (χ4v) is 1.42. The molecule has 0 rings (SSSR count). The van der Waals surface area contributed by atoms with Gasteiger partial charge in [0.05, 0.1) is 0 Å². The molecule has 0 heterocycles. The summed E-state index contributed by atoms with van der Waals surface area (Å²) in [7, 11) is 0. The molecule has 0 aromatic heterocycles. The Kier molecular flexibility index (Phi) is 6.21. The molecular weight excluding hydrogens is 160 g/mol. The molecule has 0 aliphatic carbocycles. The summed E-state index contributed by atoms with van der Waals surface area (Å²) in [6, 6.07) is 0. The van der Waals surface area contributed by atoms with Gasteiger partial charge in [-0.3, -0.25) is 0 Å². The van der Waals surface area contributed by atoms with Gasteiger partial charge in [0.15, 0.2) is 0 Å². The van der Waals surface area contributed by atoms with Gasteiger partial charge in [-0.25, -0.2) is 0 Å². The van der Waals surface area contributed by atoms with E-state index in [0.717, 1.165) is 19.1 Å². The van der Waals surface area contributed by atoms with Crippen molar-refractivity contribution in [1.82, 2.24) is 0 Å². The number of unbranched alkanes of at least 4 members (excludes halogenated alkanes) is 2. The third kappa shape index (κ3) is 4.07. The van der Waals surface area contributed by atoms with E-state index in [9.17, 15) is 4.79 Å². The van der Waals surface area contributed by atoms with Crippen LogP contribution in [0.25, 0.3) is 0 Å². The Morgan fingerprint density at radius 1 is 1.31 bits per heavy atom. The summed E-state index contributed by atoms with van der Waals surface area (Å²) >= 11 is 0. The van der Waals surface area contributed by atoms with Crippen molar-refractivity contribution in [3.05, 3.63) is 25.3 Å². The zero-order valence-corrected chi connectivity index (χ0v) is 8.59. The van der Waals surface area contributed by atoms with Crippen LogP contribution in [-0.2, 0) is 4.79 Å². The van der Waals surface area contributed by atoms with Gasteiger partial charge in [-0.1, -0.05) is 38.3 Å². The molecule has 0 aliphatic rings. The highest BCUT2D eigenvalue weighted by atomic mass is 16.1. The zero-order valence-electron chi connectivity index (χ0n) is 8.59. The van der Waals surface area contributed by atoms with Gasteiger partial charge in [0.25, 0.3) is 0 Å². The van der Waals surface area contributed by atoms with Gasteiger partial charge in [0.1, 0.15) is 6.29 Å². The predicted molar refractivity (Wildman–Crippen MR) is 57.7 cm³/mol. The van der Waals surface area contributed by atoms with Crippen LogP contribution < -0.4 is 0 Å². The van der Waals surface area contributed by atoms with E-state index in [1.807, 2.05) is 0 Å². The molecule has 0 N–H and O–H groups in total. The van der Waals surface area contributed by atoms with E-state index in [0.29, 0.717) is 6.42 Å². The van der Waals surface area contributed by atoms with E-state index in [4.69, 9.17) is 0 Å². The fourth-order valence-electron chi connectivity index (χ4n) is 1.42. The van der Waals surface area contributed by atoms with E-state index in [1.54, 1.807) is 12.2 Å². The minimum Gasteiger partial charge on any atom is -0.302 e. The topological polar surface area (TPSA) is 17.1 Å². The molecule has 1 nitrogen and oxygen atoms in total. The van der Waals surface area contributed by atoms with E-state index >= 15 is 0 Å². The number of rotatable bonds is 8. The summed E-state index contributed by atoms with van der Waals surface area (Å²) in [5.41, 5.74) is -0.350. The van der Waals surface area contributed by atoms with Crippen molar-refractivity contribution in [2.75, 3.05) is 0 Å². The highest BCUT2D eigenvalue weighted by Crippen LogP contribution is 2.28. The monoisotopic (exact) mass is 180 g/mol. The molecule has 74 valence electrons. The molecular formula is C12H20O. The maximum atomic E-state index is 10.9. The van der Waals surface area contributed by atoms with Crippen molar-refractivity contribution in [1.29, 1.82) is 0 Å². The number of allylic oxidation sites excluding steroid dienone is 2. The van der Waals surface area contributed by atoms with Gasteiger partial charge < -0.3 is 4.79 Å². The van der Waals surface area contributed by atoms with Gasteiger partial charge in [-0.2, -0.15) is 0 Å². The number of hydrogen-bond acceptors (Lipinski definition) is 1. The Morgan fingerprint density at radius 2 is 2.00 bits per heavy atom. The molecule has 0 bridgehead atoms. The van der Waals surface area contributed by atoms with Crippen LogP contribution in [-0.4, -0.2) is 6.29 Å². The normalized spacial score (nSPS) is 14.5. The van der Waals surface area contributed by atoms with Gasteiger partial charge in [-0.05, 0) is 12.8 Å². The van der Waals surface area contributed by atoms with Crippen molar-refractivity contribution < 1.29 is 4.79 Å². The van der Waals surface area contributed by atoms with E-state index < -0.39 is 0 Å². The van der Waals surface area contributed by atoms with Gasteiger partial charge in [0, 0.05) is 5.41 Å². The molecule has 0 fully saturated rings. The SMILES string of the molecule is C=CCC(C=C)(C=O)CCCCC. The van der Waals surface area contributed by atoms with Gasteiger partial charge in [0.2, 0.25) is 0 Å². The Labute approximate surface area is 81.5 Å². The third-order valence-electron chi connectivity index (χ3n) is 2.41. The maximum absolute atomic E-state index is 10.9. The second-order valence-corrected chi connectivity index (χ2v) is 3.51.